The Morgan fingerprint density at radius 3 is 3.06 bits per heavy atom. The van der Waals surface area contributed by atoms with E-state index in [1.54, 1.807) is 6.08 Å². The summed E-state index contributed by atoms with van der Waals surface area (Å²) in [5, 5.41) is 2.67. The van der Waals surface area contributed by atoms with Crippen LogP contribution >= 0.6 is 11.8 Å². The summed E-state index contributed by atoms with van der Waals surface area (Å²) in [6.07, 6.45) is 1.61. The Morgan fingerprint density at radius 1 is 1.50 bits per heavy atom. The van der Waals surface area contributed by atoms with Crippen molar-refractivity contribution in [3.8, 4) is 0 Å². The van der Waals surface area contributed by atoms with Crippen LogP contribution in [0.15, 0.2) is 41.8 Å². The molecule has 4 nitrogen and oxygen atoms in total. The number of carbonyl (C=O) groups is 2. The van der Waals surface area contributed by atoms with Crippen LogP contribution in [0, 0.1) is 0 Å². The third kappa shape index (κ3) is 2.73. The molecule has 0 atom stereocenters. The lowest BCUT2D eigenvalue weighted by Gasteiger charge is -2.28. The fraction of sp³-hybridized carbons (Fsp3) is 0.231. The van der Waals surface area contributed by atoms with Gasteiger partial charge in [0.25, 0.3) is 0 Å². The quantitative estimate of drug-likeness (QED) is 0.835. The highest BCUT2D eigenvalue weighted by atomic mass is 32.2. The highest BCUT2D eigenvalue weighted by Gasteiger charge is 2.25. The van der Waals surface area contributed by atoms with E-state index in [1.807, 2.05) is 24.3 Å². The molecule has 2 rings (SSSR count). The number of benzene rings is 1. The Balaban J connectivity index is 2.14. The van der Waals surface area contributed by atoms with Crippen LogP contribution in [-0.4, -0.2) is 30.7 Å². The van der Waals surface area contributed by atoms with Crippen molar-refractivity contribution in [1.82, 2.24) is 5.32 Å². The number of para-hydroxylation sites is 1. The molecule has 1 aromatic carbocycles. The van der Waals surface area contributed by atoms with Crippen LogP contribution in [0.1, 0.15) is 0 Å². The first-order valence-corrected chi connectivity index (χ1v) is 6.60. The number of amides is 2. The van der Waals surface area contributed by atoms with Crippen LogP contribution in [0.5, 0.6) is 0 Å². The van der Waals surface area contributed by atoms with Gasteiger partial charge in [0.2, 0.25) is 11.8 Å². The van der Waals surface area contributed by atoms with Gasteiger partial charge in [-0.05, 0) is 12.1 Å². The van der Waals surface area contributed by atoms with Crippen LogP contribution in [0.4, 0.5) is 5.69 Å². The number of hydrogen-bond acceptors (Lipinski definition) is 3. The molecule has 1 aromatic rings. The second kappa shape index (κ2) is 5.73. The van der Waals surface area contributed by atoms with Gasteiger partial charge in [-0.3, -0.25) is 9.59 Å². The van der Waals surface area contributed by atoms with Gasteiger partial charge in [0.15, 0.2) is 0 Å². The van der Waals surface area contributed by atoms with Gasteiger partial charge in [0.1, 0.15) is 6.54 Å². The Labute approximate surface area is 110 Å². The van der Waals surface area contributed by atoms with Gasteiger partial charge in [-0.2, -0.15) is 0 Å². The van der Waals surface area contributed by atoms with E-state index in [4.69, 9.17) is 0 Å². The van der Waals surface area contributed by atoms with E-state index in [2.05, 4.69) is 11.9 Å². The number of anilines is 1. The summed E-state index contributed by atoms with van der Waals surface area (Å²) in [6, 6.07) is 7.62. The maximum Gasteiger partial charge on any atom is 0.240 e. The van der Waals surface area contributed by atoms with Crippen molar-refractivity contribution in [3.63, 3.8) is 0 Å². The predicted molar refractivity (Wildman–Crippen MR) is 72.7 cm³/mol. The largest absolute Gasteiger partial charge is 0.351 e. The molecule has 1 aliphatic heterocycles. The van der Waals surface area contributed by atoms with Crippen molar-refractivity contribution in [1.29, 1.82) is 0 Å². The topological polar surface area (TPSA) is 49.4 Å². The van der Waals surface area contributed by atoms with Crippen molar-refractivity contribution >= 4 is 29.3 Å². The molecule has 0 aromatic heterocycles. The van der Waals surface area contributed by atoms with Gasteiger partial charge in [-0.1, -0.05) is 18.2 Å². The number of nitrogens with one attached hydrogen (secondary N) is 1. The van der Waals surface area contributed by atoms with Gasteiger partial charge in [0.05, 0.1) is 11.4 Å². The third-order valence-electron chi connectivity index (χ3n) is 2.55. The van der Waals surface area contributed by atoms with Crippen LogP contribution in [0.3, 0.4) is 0 Å². The van der Waals surface area contributed by atoms with Crippen molar-refractivity contribution < 1.29 is 9.59 Å². The van der Waals surface area contributed by atoms with Crippen LogP contribution < -0.4 is 10.2 Å². The lowest BCUT2D eigenvalue weighted by atomic mass is 10.2. The van der Waals surface area contributed by atoms with Crippen molar-refractivity contribution in [2.24, 2.45) is 0 Å². The average Bonchev–Trinajstić information content (AvgIpc) is 2.40. The predicted octanol–water partition coefficient (Wildman–Crippen LogP) is 1.43. The molecule has 1 heterocycles. The lowest BCUT2D eigenvalue weighted by molar-refractivity contribution is -0.122. The molecule has 18 heavy (non-hydrogen) atoms. The monoisotopic (exact) mass is 262 g/mol. The maximum absolute atomic E-state index is 11.9. The Kier molecular flexibility index (Phi) is 4.04. The second-order valence-electron chi connectivity index (χ2n) is 3.83. The Morgan fingerprint density at radius 2 is 2.28 bits per heavy atom. The average molecular weight is 262 g/mol. The Hall–Kier alpha value is -1.75. The van der Waals surface area contributed by atoms with Gasteiger partial charge in [-0.25, -0.2) is 0 Å². The number of fused-ring (bicyclic) bond motifs is 1. The molecule has 1 N–H and O–H groups in total. The van der Waals surface area contributed by atoms with Crippen LogP contribution in [0.2, 0.25) is 0 Å². The standard InChI is InChI=1S/C13H14N2O2S/c1-2-7-14-12(16)8-15-10-5-3-4-6-11(10)18-9-13(15)17/h2-6H,1,7-9H2,(H,14,16). The van der Waals surface area contributed by atoms with Crippen LogP contribution in [-0.2, 0) is 9.59 Å². The number of thioether (sulfide) groups is 1. The van der Waals surface area contributed by atoms with E-state index >= 15 is 0 Å². The zero-order valence-corrected chi connectivity index (χ0v) is 10.7. The minimum atomic E-state index is -0.176. The van der Waals surface area contributed by atoms with E-state index in [1.165, 1.54) is 16.7 Å². The molecule has 0 saturated carbocycles. The Bertz CT molecular complexity index is 488. The molecule has 94 valence electrons. The summed E-state index contributed by atoms with van der Waals surface area (Å²) in [6.45, 7) is 4.01. The molecule has 0 spiro atoms. The molecular weight excluding hydrogens is 248 g/mol. The number of nitrogens with zero attached hydrogens (tertiary/aromatic N) is 1. The van der Waals surface area contributed by atoms with Crippen molar-refractivity contribution in [2.45, 2.75) is 4.90 Å². The summed E-state index contributed by atoms with van der Waals surface area (Å²) in [4.78, 5) is 26.1. The summed E-state index contributed by atoms with van der Waals surface area (Å²) in [5.74, 6) is 0.170. The highest BCUT2D eigenvalue weighted by Crippen LogP contribution is 2.34. The van der Waals surface area contributed by atoms with Gasteiger partial charge < -0.3 is 10.2 Å². The summed E-state index contributed by atoms with van der Waals surface area (Å²) in [5.41, 5.74) is 0.813. The summed E-state index contributed by atoms with van der Waals surface area (Å²) < 4.78 is 0. The molecule has 5 heteroatoms. The van der Waals surface area contributed by atoms with Gasteiger partial charge >= 0.3 is 0 Å². The number of rotatable bonds is 4. The van der Waals surface area contributed by atoms with E-state index in [0.29, 0.717) is 12.3 Å². The fourth-order valence-electron chi connectivity index (χ4n) is 1.71. The number of hydrogen-bond donors (Lipinski definition) is 1. The van der Waals surface area contributed by atoms with E-state index in [9.17, 15) is 9.59 Å². The first-order valence-electron chi connectivity index (χ1n) is 5.62. The molecule has 0 aliphatic carbocycles. The van der Waals surface area contributed by atoms with Crippen molar-refractivity contribution in [3.05, 3.63) is 36.9 Å². The zero-order chi connectivity index (χ0) is 13.0. The maximum atomic E-state index is 11.9. The second-order valence-corrected chi connectivity index (χ2v) is 4.85. The minimum absolute atomic E-state index is 0.0348. The van der Waals surface area contributed by atoms with Gasteiger partial charge in [-0.15, -0.1) is 18.3 Å². The SMILES string of the molecule is C=CCNC(=O)CN1C(=O)CSc2ccccc21. The molecule has 1 aliphatic rings. The molecule has 0 saturated heterocycles. The number of carbonyl (C=O) groups excluding carboxylic acids is 2. The first-order chi connectivity index (χ1) is 8.72. The molecule has 0 bridgehead atoms. The smallest absolute Gasteiger partial charge is 0.240 e. The fourth-order valence-corrected chi connectivity index (χ4v) is 2.65. The minimum Gasteiger partial charge on any atom is -0.351 e. The third-order valence-corrected chi connectivity index (χ3v) is 3.60. The summed E-state index contributed by atoms with van der Waals surface area (Å²) >= 11 is 1.51. The normalized spacial score (nSPS) is 14.0. The molecule has 0 unspecified atom stereocenters. The molecular formula is C13H14N2O2S. The van der Waals surface area contributed by atoms with E-state index < -0.39 is 0 Å². The van der Waals surface area contributed by atoms with Gasteiger partial charge in [0, 0.05) is 11.4 Å². The zero-order valence-electron chi connectivity index (χ0n) is 9.89. The van der Waals surface area contributed by atoms with Crippen molar-refractivity contribution in [2.75, 3.05) is 23.7 Å². The molecule has 0 radical (unpaired) electrons. The van der Waals surface area contributed by atoms with E-state index in [0.717, 1.165) is 10.6 Å². The molecule has 2 amide bonds. The lowest BCUT2D eigenvalue weighted by Crippen LogP contribution is -2.43. The highest BCUT2D eigenvalue weighted by molar-refractivity contribution is 8.00. The summed E-state index contributed by atoms with van der Waals surface area (Å²) in [7, 11) is 0. The van der Waals surface area contributed by atoms with E-state index in [-0.39, 0.29) is 18.4 Å². The first kappa shape index (κ1) is 12.7. The van der Waals surface area contributed by atoms with Crippen LogP contribution in [0.25, 0.3) is 0 Å². The molecule has 0 fully saturated rings.